The molecule has 3 aromatic rings. The van der Waals surface area contributed by atoms with Crippen LogP contribution in [0.4, 0.5) is 26.3 Å². The van der Waals surface area contributed by atoms with Crippen LogP contribution in [0.3, 0.4) is 0 Å². The maximum absolute atomic E-state index is 13.2. The van der Waals surface area contributed by atoms with Crippen LogP contribution in [-0.4, -0.2) is 35.6 Å². The summed E-state index contributed by atoms with van der Waals surface area (Å²) in [7, 11) is 1.37. The Morgan fingerprint density at radius 1 is 0.788 bits per heavy atom. The van der Waals surface area contributed by atoms with E-state index >= 15 is 0 Å². The Hall–Kier alpha value is -3.53. The summed E-state index contributed by atoms with van der Waals surface area (Å²) in [6.45, 7) is 0. The van der Waals surface area contributed by atoms with Crippen molar-refractivity contribution in [3.8, 4) is 28.0 Å². The molecule has 0 aromatic heterocycles. The van der Waals surface area contributed by atoms with Gasteiger partial charge in [0.05, 0.1) is 12.7 Å². The van der Waals surface area contributed by atoms with Crippen molar-refractivity contribution < 1.29 is 46.1 Å². The van der Waals surface area contributed by atoms with Crippen molar-refractivity contribution in [2.45, 2.75) is 18.0 Å². The van der Waals surface area contributed by atoms with Crippen molar-refractivity contribution in [3.63, 3.8) is 0 Å². The molecule has 4 nitrogen and oxygen atoms in total. The summed E-state index contributed by atoms with van der Waals surface area (Å²) in [4.78, 5) is 11.3. The Balaban J connectivity index is 2.16. The number of carboxylic acids is 1. The molecule has 33 heavy (non-hydrogen) atoms. The Kier molecular flexibility index (Phi) is 6.16. The second-order valence-corrected chi connectivity index (χ2v) is 7.08. The monoisotopic (exact) mass is 470 g/mol. The van der Waals surface area contributed by atoms with E-state index in [2.05, 4.69) is 0 Å². The smallest absolute Gasteiger partial charge is 0.430 e. The zero-order chi connectivity index (χ0) is 24.6. The van der Waals surface area contributed by atoms with Gasteiger partial charge in [-0.15, -0.1) is 0 Å². The number of hydrogen-bond acceptors (Lipinski definition) is 3. The molecule has 0 bridgehead atoms. The van der Waals surface area contributed by atoms with E-state index in [0.717, 1.165) is 12.1 Å². The van der Waals surface area contributed by atoms with E-state index in [-0.39, 0.29) is 11.1 Å². The molecule has 174 valence electrons. The highest BCUT2D eigenvalue weighted by Crippen LogP contribution is 2.50. The third-order valence-electron chi connectivity index (χ3n) is 5.08. The van der Waals surface area contributed by atoms with Crippen LogP contribution >= 0.6 is 0 Å². The number of carbonyl (C=O) groups is 1. The molecule has 0 saturated carbocycles. The van der Waals surface area contributed by atoms with Gasteiger partial charge in [0.1, 0.15) is 5.75 Å². The van der Waals surface area contributed by atoms with Crippen LogP contribution in [0.15, 0.2) is 66.7 Å². The summed E-state index contributed by atoms with van der Waals surface area (Å²) in [5.74, 6) is -0.816. The van der Waals surface area contributed by atoms with E-state index in [1.807, 2.05) is 0 Å². The predicted octanol–water partition coefficient (Wildman–Crippen LogP) is 6.04. The number of halogens is 6. The standard InChI is InChI=1S/C23H16F6O4/c1-33-17-9-10-18(14-3-2-4-15(11-14)20(30)31)19(12-17)13-5-7-16(8-6-13)21(32,22(24,25)26)23(27,28)29/h2-12,32H,1H3,(H,30,31). The molecule has 0 spiro atoms. The molecule has 0 radical (unpaired) electrons. The number of carboxylic acid groups (broad SMARTS) is 1. The molecule has 0 aliphatic heterocycles. The first-order valence-electron chi connectivity index (χ1n) is 9.28. The first-order chi connectivity index (χ1) is 15.3. The Labute approximate surface area is 183 Å². The summed E-state index contributed by atoms with van der Waals surface area (Å²) >= 11 is 0. The van der Waals surface area contributed by atoms with Crippen LogP contribution in [-0.2, 0) is 5.60 Å². The molecule has 0 unspecified atom stereocenters. The van der Waals surface area contributed by atoms with Gasteiger partial charge in [0.15, 0.2) is 0 Å². The predicted molar refractivity (Wildman–Crippen MR) is 107 cm³/mol. The lowest BCUT2D eigenvalue weighted by molar-refractivity contribution is -0.376. The van der Waals surface area contributed by atoms with Gasteiger partial charge in [-0.1, -0.05) is 42.5 Å². The Morgan fingerprint density at radius 3 is 1.91 bits per heavy atom. The second kappa shape index (κ2) is 8.43. The number of hydrogen-bond donors (Lipinski definition) is 2. The number of benzene rings is 3. The van der Waals surface area contributed by atoms with Gasteiger partial charge < -0.3 is 14.9 Å². The molecular formula is C23H16F6O4. The summed E-state index contributed by atoms with van der Waals surface area (Å²) in [6, 6.07) is 13.7. The van der Waals surface area contributed by atoms with Crippen LogP contribution in [0, 0.1) is 0 Å². The molecule has 0 amide bonds. The fourth-order valence-corrected chi connectivity index (χ4v) is 3.34. The Morgan fingerprint density at radius 2 is 1.39 bits per heavy atom. The average molecular weight is 470 g/mol. The molecule has 0 atom stereocenters. The molecule has 2 N–H and O–H groups in total. The van der Waals surface area contributed by atoms with Crippen molar-refractivity contribution >= 4 is 5.97 Å². The van der Waals surface area contributed by atoms with Crippen LogP contribution in [0.2, 0.25) is 0 Å². The highest BCUT2D eigenvalue weighted by Gasteiger charge is 2.71. The van der Waals surface area contributed by atoms with Gasteiger partial charge in [-0.2, -0.15) is 26.3 Å². The van der Waals surface area contributed by atoms with E-state index in [1.54, 1.807) is 18.2 Å². The van der Waals surface area contributed by atoms with E-state index in [4.69, 9.17) is 4.74 Å². The van der Waals surface area contributed by atoms with Crippen molar-refractivity contribution in [2.75, 3.05) is 7.11 Å². The summed E-state index contributed by atoms with van der Waals surface area (Å²) < 4.78 is 84.1. The van der Waals surface area contributed by atoms with Crippen LogP contribution in [0.1, 0.15) is 15.9 Å². The van der Waals surface area contributed by atoms with Crippen molar-refractivity contribution in [1.29, 1.82) is 0 Å². The number of aliphatic hydroxyl groups is 1. The largest absolute Gasteiger partial charge is 0.497 e. The van der Waals surface area contributed by atoms with Crippen LogP contribution < -0.4 is 4.74 Å². The van der Waals surface area contributed by atoms with E-state index < -0.39 is 29.5 Å². The first-order valence-corrected chi connectivity index (χ1v) is 9.28. The first kappa shape index (κ1) is 24.1. The molecule has 0 fully saturated rings. The maximum atomic E-state index is 13.2. The summed E-state index contributed by atoms with van der Waals surface area (Å²) in [5, 5.41) is 18.8. The molecule has 3 rings (SSSR count). The Bertz CT molecular complexity index is 1150. The average Bonchev–Trinajstić information content (AvgIpc) is 2.76. The SMILES string of the molecule is COc1ccc(-c2cccc(C(=O)O)c2)c(-c2ccc(C(O)(C(F)(F)F)C(F)(F)F)cc2)c1. The van der Waals surface area contributed by atoms with Gasteiger partial charge in [0.2, 0.25) is 0 Å². The van der Waals surface area contributed by atoms with Crippen molar-refractivity contribution in [1.82, 2.24) is 0 Å². The molecule has 10 heteroatoms. The lowest BCUT2D eigenvalue weighted by atomic mass is 9.89. The van der Waals surface area contributed by atoms with Crippen molar-refractivity contribution in [3.05, 3.63) is 77.9 Å². The van der Waals surface area contributed by atoms with E-state index in [1.165, 1.54) is 31.4 Å². The highest BCUT2D eigenvalue weighted by atomic mass is 19.4. The lowest BCUT2D eigenvalue weighted by Crippen LogP contribution is -2.53. The zero-order valence-corrected chi connectivity index (χ0v) is 16.8. The van der Waals surface area contributed by atoms with Crippen LogP contribution in [0.5, 0.6) is 5.75 Å². The maximum Gasteiger partial charge on any atom is 0.430 e. The van der Waals surface area contributed by atoms with Crippen molar-refractivity contribution in [2.24, 2.45) is 0 Å². The minimum absolute atomic E-state index is 0.00923. The number of alkyl halides is 6. The summed E-state index contributed by atoms with van der Waals surface area (Å²) in [6.07, 6.45) is -12.0. The van der Waals surface area contributed by atoms with Crippen LogP contribution in [0.25, 0.3) is 22.3 Å². The quantitative estimate of drug-likeness (QED) is 0.447. The van der Waals surface area contributed by atoms with Gasteiger partial charge in [0.25, 0.3) is 5.60 Å². The number of methoxy groups -OCH3 is 1. The van der Waals surface area contributed by atoms with E-state index in [9.17, 15) is 41.4 Å². The summed E-state index contributed by atoms with van der Waals surface area (Å²) in [5.41, 5.74) is -4.92. The third kappa shape index (κ3) is 4.38. The van der Waals surface area contributed by atoms with Gasteiger partial charge in [-0.3, -0.25) is 0 Å². The number of aromatic carboxylic acids is 1. The normalized spacial score (nSPS) is 12.5. The highest BCUT2D eigenvalue weighted by molar-refractivity contribution is 5.91. The molecule has 0 aliphatic rings. The topological polar surface area (TPSA) is 66.8 Å². The molecule has 0 aliphatic carbocycles. The van der Waals surface area contributed by atoms with Gasteiger partial charge in [-0.05, 0) is 46.5 Å². The zero-order valence-electron chi connectivity index (χ0n) is 16.8. The second-order valence-electron chi connectivity index (χ2n) is 7.08. The molecule has 0 heterocycles. The minimum atomic E-state index is -5.99. The van der Waals surface area contributed by atoms with E-state index in [0.29, 0.717) is 34.6 Å². The number of rotatable bonds is 5. The molecule has 0 saturated heterocycles. The molecular weight excluding hydrogens is 454 g/mol. The lowest BCUT2D eigenvalue weighted by Gasteiger charge is -2.32. The van der Waals surface area contributed by atoms with Gasteiger partial charge in [-0.25, -0.2) is 4.79 Å². The minimum Gasteiger partial charge on any atom is -0.497 e. The third-order valence-corrected chi connectivity index (χ3v) is 5.08. The van der Waals surface area contributed by atoms with Gasteiger partial charge in [0, 0.05) is 5.56 Å². The van der Waals surface area contributed by atoms with Gasteiger partial charge >= 0.3 is 18.3 Å². The fraction of sp³-hybridized carbons (Fsp3) is 0.174. The molecule has 3 aromatic carbocycles. The fourth-order valence-electron chi connectivity index (χ4n) is 3.34. The number of ether oxygens (including phenoxy) is 1.